The molecule has 4 aromatic carbocycles. The number of hydrogen-bond acceptors (Lipinski definition) is 4. The molecule has 0 aliphatic rings. The Morgan fingerprint density at radius 2 is 1.21 bits per heavy atom. The number of benzene rings is 4. The Hall–Kier alpha value is -3.53. The molecule has 0 radical (unpaired) electrons. The maximum Gasteiger partial charge on any atom is 0.270 e. The van der Waals surface area contributed by atoms with E-state index in [1.807, 2.05) is 72.8 Å². The molecule has 0 bridgehead atoms. The Morgan fingerprint density at radius 3 is 1.68 bits per heavy atom. The molecule has 1 unspecified atom stereocenters. The van der Waals surface area contributed by atoms with Crippen LogP contribution in [0, 0.1) is 4.84 Å². The van der Waals surface area contributed by atoms with Crippen molar-refractivity contribution in [2.75, 3.05) is 6.16 Å². The Kier molecular flexibility index (Phi) is 6.14. The van der Waals surface area contributed by atoms with Crippen LogP contribution in [-0.2, 0) is 4.79 Å². The molecule has 1 heterocycles. The third kappa shape index (κ3) is 3.87. The van der Waals surface area contributed by atoms with Crippen LogP contribution in [0.4, 0.5) is 0 Å². The van der Waals surface area contributed by atoms with Crippen LogP contribution in [0.1, 0.15) is 6.04 Å². The molecule has 1 aromatic heterocycles. The molecule has 0 N–H and O–H groups in total. The minimum atomic E-state index is -2.43. The fraction of sp³-hybridized carbons (Fsp3) is 0.0714. The van der Waals surface area contributed by atoms with E-state index in [1.54, 1.807) is 10.6 Å². The Morgan fingerprint density at radius 1 is 0.765 bits per heavy atom. The molecule has 0 spiro atoms. The van der Waals surface area contributed by atoms with E-state index < -0.39 is 19.3 Å². The molecule has 1 atom stereocenters. The van der Waals surface area contributed by atoms with Crippen LogP contribution in [0.15, 0.2) is 120 Å². The molecule has 0 saturated carbocycles. The lowest BCUT2D eigenvalue weighted by molar-refractivity contribution is -0.309. The van der Waals surface area contributed by atoms with Crippen molar-refractivity contribution in [1.29, 1.82) is 0 Å². The highest BCUT2D eigenvalue weighted by molar-refractivity contribution is 7.95. The molecule has 0 amide bonds. The third-order valence-electron chi connectivity index (χ3n) is 6.14. The average molecular weight is 484 g/mol. The van der Waals surface area contributed by atoms with E-state index >= 15 is 0 Å². The number of nitrogens with zero attached hydrogens (tertiary/aromatic N) is 1. The number of fused-ring (bicyclic) bond motifs is 1. The summed E-state index contributed by atoms with van der Waals surface area (Å²) in [4.78, 5) is 12.9. The molecule has 5 aromatic rings. The quantitative estimate of drug-likeness (QED) is 0.257. The summed E-state index contributed by atoms with van der Waals surface area (Å²) in [5.41, 5.74) is 1.20. The number of carbonyl (C=O) groups excluding carboxylic acids is 1. The summed E-state index contributed by atoms with van der Waals surface area (Å²) in [5.74, 6) is -1.19. The molecule has 0 aliphatic heterocycles. The van der Waals surface area contributed by atoms with Gasteiger partial charge in [-0.3, -0.25) is 4.57 Å². The minimum absolute atomic E-state index is 0.127. The zero-order chi connectivity index (χ0) is 23.5. The second-order valence-corrected chi connectivity index (χ2v) is 11.9. The molecule has 5 rings (SSSR count). The van der Waals surface area contributed by atoms with Gasteiger partial charge >= 0.3 is 0 Å². The Labute approximate surface area is 203 Å². The van der Waals surface area contributed by atoms with Crippen molar-refractivity contribution >= 4 is 52.5 Å². The number of carbonyl (C=O) groups is 1. The monoisotopic (exact) mass is 483 g/mol. The summed E-state index contributed by atoms with van der Waals surface area (Å²) in [7, 11) is -2.43. The highest BCUT2D eigenvalue weighted by Crippen LogP contribution is 2.57. The van der Waals surface area contributed by atoms with Gasteiger partial charge in [0.05, 0.1) is 17.6 Å². The zero-order valence-corrected chi connectivity index (χ0v) is 20.0. The van der Waals surface area contributed by atoms with Gasteiger partial charge in [0, 0.05) is 0 Å². The molecule has 6 heteroatoms. The van der Waals surface area contributed by atoms with Crippen molar-refractivity contribution in [3.8, 4) is 0 Å². The van der Waals surface area contributed by atoms with Gasteiger partial charge in [0.1, 0.15) is 29.2 Å². The SMILES string of the molecule is O=C([O-])C(C[P+](c1ccccc1)(c1ccccc1)c1ccccc1)n1c(=S)oc2ccccc21. The Balaban J connectivity index is 1.81. The fourth-order valence-corrected chi connectivity index (χ4v) is 9.33. The second-order valence-electron chi connectivity index (χ2n) is 8.04. The number of carboxylic acids is 1. The smallest absolute Gasteiger partial charge is 0.270 e. The lowest BCUT2D eigenvalue weighted by atomic mass is 10.3. The topological polar surface area (TPSA) is 58.2 Å². The van der Waals surface area contributed by atoms with Gasteiger partial charge in [-0.2, -0.15) is 0 Å². The standard InChI is InChI=1S/C28H22NO3PS/c30-27(31)25(29-24-18-10-11-19-26(24)32-28(29)34)20-33(21-12-4-1-5-13-21,22-14-6-2-7-15-22)23-16-8-3-9-17-23/h1-19,25H,20H2. The normalized spacial score (nSPS) is 12.5. The van der Waals surface area contributed by atoms with E-state index in [2.05, 4.69) is 36.4 Å². The summed E-state index contributed by atoms with van der Waals surface area (Å²) in [6, 6.07) is 36.8. The van der Waals surface area contributed by atoms with Crippen molar-refractivity contribution in [2.24, 2.45) is 0 Å². The second kappa shape index (κ2) is 9.38. The highest BCUT2D eigenvalue weighted by Gasteiger charge is 2.48. The molecule has 0 saturated heterocycles. The first-order valence-electron chi connectivity index (χ1n) is 11.0. The molecular weight excluding hydrogens is 461 g/mol. The van der Waals surface area contributed by atoms with E-state index in [4.69, 9.17) is 16.6 Å². The van der Waals surface area contributed by atoms with Gasteiger partial charge in [0.15, 0.2) is 5.58 Å². The largest absolute Gasteiger partial charge is 0.548 e. The van der Waals surface area contributed by atoms with E-state index in [9.17, 15) is 9.90 Å². The fourth-order valence-electron chi connectivity index (χ4n) is 4.61. The molecule has 0 aliphatic carbocycles. The van der Waals surface area contributed by atoms with Crippen molar-refractivity contribution in [2.45, 2.75) is 6.04 Å². The number of hydrogen-bond donors (Lipinski definition) is 0. The van der Waals surface area contributed by atoms with E-state index in [1.165, 1.54) is 0 Å². The molecular formula is C28H22NO3PS. The maximum absolute atomic E-state index is 12.8. The summed E-state index contributed by atoms with van der Waals surface area (Å²) in [6.07, 6.45) is 0.297. The van der Waals surface area contributed by atoms with Gasteiger partial charge in [-0.25, -0.2) is 0 Å². The number of aliphatic carboxylic acids is 1. The Bertz CT molecular complexity index is 1380. The molecule has 34 heavy (non-hydrogen) atoms. The van der Waals surface area contributed by atoms with Gasteiger partial charge in [0.25, 0.3) is 4.84 Å². The van der Waals surface area contributed by atoms with Crippen LogP contribution in [0.3, 0.4) is 0 Å². The van der Waals surface area contributed by atoms with Gasteiger partial charge < -0.3 is 14.3 Å². The summed E-state index contributed by atoms with van der Waals surface area (Å²) in [6.45, 7) is 0. The third-order valence-corrected chi connectivity index (χ3v) is 10.9. The summed E-state index contributed by atoms with van der Waals surface area (Å²) < 4.78 is 7.36. The van der Waals surface area contributed by atoms with E-state index in [0.29, 0.717) is 17.3 Å². The number of oxazole rings is 1. The van der Waals surface area contributed by atoms with Crippen LogP contribution in [0.25, 0.3) is 11.1 Å². The minimum Gasteiger partial charge on any atom is -0.548 e. The van der Waals surface area contributed by atoms with Crippen LogP contribution in [0.5, 0.6) is 0 Å². The first-order chi connectivity index (χ1) is 16.6. The summed E-state index contributed by atoms with van der Waals surface area (Å²) in [5, 5.41) is 16.0. The van der Waals surface area contributed by atoms with Crippen molar-refractivity contribution in [3.05, 3.63) is 120 Å². The van der Waals surface area contributed by atoms with Gasteiger partial charge in [-0.15, -0.1) is 0 Å². The first kappa shape index (κ1) is 22.3. The maximum atomic E-state index is 12.8. The highest BCUT2D eigenvalue weighted by atomic mass is 32.1. The number of aromatic nitrogens is 1. The number of rotatable bonds is 7. The molecule has 168 valence electrons. The number of para-hydroxylation sites is 2. The van der Waals surface area contributed by atoms with E-state index in [-0.39, 0.29) is 4.84 Å². The van der Waals surface area contributed by atoms with Crippen LogP contribution >= 0.6 is 19.5 Å². The van der Waals surface area contributed by atoms with Crippen LogP contribution in [-0.4, -0.2) is 16.7 Å². The van der Waals surface area contributed by atoms with Crippen molar-refractivity contribution in [1.82, 2.24) is 4.57 Å². The van der Waals surface area contributed by atoms with Gasteiger partial charge in [0.2, 0.25) is 0 Å². The van der Waals surface area contributed by atoms with Crippen molar-refractivity contribution in [3.63, 3.8) is 0 Å². The first-order valence-corrected chi connectivity index (χ1v) is 13.4. The van der Waals surface area contributed by atoms with E-state index in [0.717, 1.165) is 15.9 Å². The van der Waals surface area contributed by atoms with Gasteiger partial charge in [-0.05, 0) is 60.7 Å². The van der Waals surface area contributed by atoms with Gasteiger partial charge in [-0.1, -0.05) is 66.7 Å². The summed E-state index contributed by atoms with van der Waals surface area (Å²) >= 11 is 5.51. The lowest BCUT2D eigenvalue weighted by Gasteiger charge is -2.32. The van der Waals surface area contributed by atoms with Crippen LogP contribution < -0.4 is 21.0 Å². The molecule has 4 nitrogen and oxygen atoms in total. The molecule has 0 fully saturated rings. The zero-order valence-electron chi connectivity index (χ0n) is 18.3. The number of carboxylic acid groups (broad SMARTS) is 1. The lowest BCUT2D eigenvalue weighted by Crippen LogP contribution is -2.42. The predicted molar refractivity (Wildman–Crippen MR) is 139 cm³/mol. The van der Waals surface area contributed by atoms with Crippen molar-refractivity contribution < 1.29 is 14.3 Å². The predicted octanol–water partition coefficient (Wildman–Crippen LogP) is 4.25. The van der Waals surface area contributed by atoms with Crippen LogP contribution in [0.2, 0.25) is 0 Å². The average Bonchev–Trinajstić information content (AvgIpc) is 3.22.